The molecule has 0 bridgehead atoms. The van der Waals surface area contributed by atoms with Gasteiger partial charge >= 0.3 is 59.1 Å². The molecule has 0 spiro atoms. The third-order valence-corrected chi connectivity index (χ3v) is 1.18. The zero-order valence-corrected chi connectivity index (χ0v) is 12.1. The molecule has 68 valence electrons. The fourth-order valence-electron chi connectivity index (χ4n) is 0.646. The van der Waals surface area contributed by atoms with Crippen LogP contribution in [0, 0.1) is 5.92 Å². The molecule has 0 unspecified atom stereocenters. The number of ketones is 1. The normalized spacial score (nSPS) is 8.43. The first-order chi connectivity index (χ1) is 5.50. The van der Waals surface area contributed by atoms with Crippen LogP contribution in [-0.4, -0.2) is 24.3 Å². The van der Waals surface area contributed by atoms with Crippen LogP contribution in [0.5, 0.6) is 0 Å². The summed E-state index contributed by atoms with van der Waals surface area (Å²) >= 11 is 0. The molecule has 6 nitrogen and oxygen atoms in total. The molecule has 0 atom stereocenters. The third-order valence-electron chi connectivity index (χ3n) is 1.18. The van der Waals surface area contributed by atoms with Gasteiger partial charge in [-0.25, -0.2) is 0 Å². The van der Waals surface area contributed by atoms with Gasteiger partial charge in [-0.1, -0.05) is 0 Å². The molecular formula is C6H7NNa2O5. The molecule has 14 heavy (non-hydrogen) atoms. The van der Waals surface area contributed by atoms with Crippen molar-refractivity contribution in [2.45, 2.75) is 6.42 Å². The van der Waals surface area contributed by atoms with Gasteiger partial charge in [0.2, 0.25) is 0 Å². The molecule has 0 aromatic heterocycles. The molecule has 0 saturated carbocycles. The van der Waals surface area contributed by atoms with Gasteiger partial charge in [-0.05, 0) is 6.54 Å². The van der Waals surface area contributed by atoms with Crippen molar-refractivity contribution in [1.82, 2.24) is 0 Å². The first kappa shape index (κ1) is 20.0. The number of rotatable bonds is 5. The van der Waals surface area contributed by atoms with Gasteiger partial charge in [-0.3, -0.25) is 4.79 Å². The fraction of sp³-hybridized carbons (Fsp3) is 0.500. The van der Waals surface area contributed by atoms with Crippen LogP contribution in [0.25, 0.3) is 0 Å². The van der Waals surface area contributed by atoms with E-state index in [1.54, 1.807) is 0 Å². The Labute approximate surface area is 125 Å². The summed E-state index contributed by atoms with van der Waals surface area (Å²) in [4.78, 5) is 30.8. The van der Waals surface area contributed by atoms with Crippen molar-refractivity contribution in [1.29, 1.82) is 0 Å². The molecule has 0 amide bonds. The second-order valence-electron chi connectivity index (χ2n) is 2.08. The van der Waals surface area contributed by atoms with Crippen LogP contribution in [0.15, 0.2) is 0 Å². The van der Waals surface area contributed by atoms with Gasteiger partial charge in [0.05, 0.1) is 17.9 Å². The molecule has 0 heterocycles. The third kappa shape index (κ3) is 6.94. The van der Waals surface area contributed by atoms with Gasteiger partial charge in [0.25, 0.3) is 0 Å². The Morgan fingerprint density at radius 2 is 1.43 bits per heavy atom. The predicted molar refractivity (Wildman–Crippen MR) is 32.2 cm³/mol. The van der Waals surface area contributed by atoms with Gasteiger partial charge in [0.15, 0.2) is 0 Å². The molecular weight excluding hydrogens is 212 g/mol. The molecule has 0 aromatic rings. The number of carbonyl (C=O) groups is 3. The van der Waals surface area contributed by atoms with E-state index >= 15 is 0 Å². The summed E-state index contributed by atoms with van der Waals surface area (Å²) in [6.07, 6.45) is -0.313. The Morgan fingerprint density at radius 3 is 1.64 bits per heavy atom. The number of aliphatic carboxylic acids is 2. The van der Waals surface area contributed by atoms with E-state index in [0.717, 1.165) is 0 Å². The summed E-state index contributed by atoms with van der Waals surface area (Å²) in [5.41, 5.74) is 4.92. The van der Waals surface area contributed by atoms with Crippen LogP contribution >= 0.6 is 0 Å². The summed E-state index contributed by atoms with van der Waals surface area (Å²) in [7, 11) is 0. The van der Waals surface area contributed by atoms with Crippen LogP contribution in [0.1, 0.15) is 6.42 Å². The number of nitrogens with two attached hydrogens (primary N) is 1. The Morgan fingerprint density at radius 1 is 1.07 bits per heavy atom. The average molecular weight is 219 g/mol. The topological polar surface area (TPSA) is 123 Å². The molecule has 0 aliphatic rings. The van der Waals surface area contributed by atoms with Crippen LogP contribution < -0.4 is 75.1 Å². The van der Waals surface area contributed by atoms with Gasteiger partial charge in [-0.2, -0.15) is 0 Å². The Balaban J connectivity index is -0.000000605. The van der Waals surface area contributed by atoms with Crippen LogP contribution in [0.4, 0.5) is 0 Å². The minimum Gasteiger partial charge on any atom is -0.549 e. The maximum atomic E-state index is 10.7. The Kier molecular flexibility index (Phi) is 14.5. The monoisotopic (exact) mass is 219 g/mol. The van der Waals surface area contributed by atoms with E-state index in [1.165, 1.54) is 0 Å². The number of hydrogen-bond donors (Lipinski definition) is 1. The number of carboxylic acid groups (broad SMARTS) is 2. The van der Waals surface area contributed by atoms with E-state index in [9.17, 15) is 24.6 Å². The predicted octanol–water partition coefficient (Wildman–Crippen LogP) is -9.97. The van der Waals surface area contributed by atoms with E-state index in [-0.39, 0.29) is 72.1 Å². The number of hydrogen-bond acceptors (Lipinski definition) is 6. The van der Waals surface area contributed by atoms with Gasteiger partial charge in [0.1, 0.15) is 5.78 Å². The van der Waals surface area contributed by atoms with E-state index in [1.807, 2.05) is 0 Å². The van der Waals surface area contributed by atoms with E-state index in [2.05, 4.69) is 0 Å². The standard InChI is InChI=1S/C6H9NO5.2Na/c7-2-1-3(8)4(5(9)10)6(11)12;;/h4H,1-2,7H2,(H,9,10)(H,11,12);;/q;2*+1/p-2. The van der Waals surface area contributed by atoms with Gasteiger partial charge in [-0.15, -0.1) is 0 Å². The Bertz CT molecular complexity index is 206. The zero-order chi connectivity index (χ0) is 9.72. The SMILES string of the molecule is NCCC(=O)C(C(=O)[O-])C(=O)[O-].[Na+].[Na+]. The van der Waals surface area contributed by atoms with E-state index in [4.69, 9.17) is 5.73 Å². The van der Waals surface area contributed by atoms with Crippen molar-refractivity contribution in [2.75, 3.05) is 6.54 Å². The second-order valence-corrected chi connectivity index (χ2v) is 2.08. The van der Waals surface area contributed by atoms with Crippen molar-refractivity contribution in [2.24, 2.45) is 11.7 Å². The summed E-state index contributed by atoms with van der Waals surface area (Å²) in [6.45, 7) is -0.101. The summed E-state index contributed by atoms with van der Waals surface area (Å²) in [5.74, 6) is -7.13. The zero-order valence-electron chi connectivity index (χ0n) is 8.11. The van der Waals surface area contributed by atoms with Crippen molar-refractivity contribution in [3.05, 3.63) is 0 Å². The van der Waals surface area contributed by atoms with Crippen molar-refractivity contribution in [3.8, 4) is 0 Å². The number of carbonyl (C=O) groups excluding carboxylic acids is 3. The molecule has 0 fully saturated rings. The molecule has 0 aliphatic carbocycles. The van der Waals surface area contributed by atoms with Crippen molar-refractivity contribution < 1.29 is 83.7 Å². The minimum absolute atomic E-state index is 0. The van der Waals surface area contributed by atoms with E-state index < -0.39 is 23.6 Å². The largest absolute Gasteiger partial charge is 1.00 e. The molecule has 0 saturated heterocycles. The smallest absolute Gasteiger partial charge is 0.549 e. The fourth-order valence-corrected chi connectivity index (χ4v) is 0.646. The Hall–Kier alpha value is 0.570. The summed E-state index contributed by atoms with van der Waals surface area (Å²) in [6, 6.07) is 0. The molecule has 0 aliphatic heterocycles. The van der Waals surface area contributed by atoms with Crippen molar-refractivity contribution in [3.63, 3.8) is 0 Å². The molecule has 0 aromatic carbocycles. The quantitative estimate of drug-likeness (QED) is 0.361. The van der Waals surface area contributed by atoms with Crippen LogP contribution in [0.2, 0.25) is 0 Å². The molecule has 2 N–H and O–H groups in total. The average Bonchev–Trinajstić information content (AvgIpc) is 1.85. The second kappa shape index (κ2) is 10.1. The summed E-state index contributed by atoms with van der Waals surface area (Å²) < 4.78 is 0. The van der Waals surface area contributed by atoms with E-state index in [0.29, 0.717) is 0 Å². The molecule has 0 radical (unpaired) electrons. The van der Waals surface area contributed by atoms with Gasteiger partial charge < -0.3 is 25.5 Å². The number of carboxylic acids is 2. The van der Waals surface area contributed by atoms with Crippen molar-refractivity contribution >= 4 is 17.7 Å². The first-order valence-electron chi connectivity index (χ1n) is 3.15. The number of Topliss-reactive ketones (excluding diaryl/α,β-unsaturated/α-hetero) is 1. The molecule has 0 rings (SSSR count). The maximum Gasteiger partial charge on any atom is 1.00 e. The van der Waals surface area contributed by atoms with Crippen LogP contribution in [-0.2, 0) is 14.4 Å². The summed E-state index contributed by atoms with van der Waals surface area (Å²) in [5, 5.41) is 20.1. The molecule has 8 heteroatoms. The van der Waals surface area contributed by atoms with Crippen LogP contribution in [0.3, 0.4) is 0 Å². The first-order valence-corrected chi connectivity index (χ1v) is 3.15. The maximum absolute atomic E-state index is 10.7. The van der Waals surface area contributed by atoms with Gasteiger partial charge in [0, 0.05) is 6.42 Å². The minimum atomic E-state index is -2.20.